The Kier molecular flexibility index (Phi) is 5.30. The summed E-state index contributed by atoms with van der Waals surface area (Å²) in [4.78, 5) is 25.1. The summed E-state index contributed by atoms with van der Waals surface area (Å²) in [7, 11) is -13.2. The minimum absolute atomic E-state index is 0.835. The van der Waals surface area contributed by atoms with Gasteiger partial charge in [-0.1, -0.05) is 0 Å². The molecule has 0 heterocycles. The molecule has 92 valence electrons. The van der Waals surface area contributed by atoms with Crippen LogP contribution in [-0.4, -0.2) is 28.9 Å². The van der Waals surface area contributed by atoms with Crippen molar-refractivity contribution in [1.82, 2.24) is 0 Å². The molecule has 0 spiro atoms. The second-order valence-corrected chi connectivity index (χ2v) is 6.78. The molecule has 0 bridgehead atoms. The van der Waals surface area contributed by atoms with Gasteiger partial charge >= 0.3 is 23.5 Å². The van der Waals surface area contributed by atoms with Gasteiger partial charge in [0.05, 0.1) is 0 Å². The van der Waals surface area contributed by atoms with Gasteiger partial charge in [0.15, 0.2) is 0 Å². The lowest BCUT2D eigenvalue weighted by Gasteiger charge is -2.16. The molecule has 0 aromatic heterocycles. The van der Waals surface area contributed by atoms with Crippen molar-refractivity contribution in [2.24, 2.45) is 0 Å². The van der Waals surface area contributed by atoms with E-state index in [0.29, 0.717) is 0 Å². The van der Waals surface area contributed by atoms with Gasteiger partial charge in [-0.05, 0) is 0 Å². The van der Waals surface area contributed by atoms with Crippen molar-refractivity contribution in [2.75, 3.05) is 14.2 Å². The van der Waals surface area contributed by atoms with Crippen molar-refractivity contribution in [1.29, 1.82) is 0 Å². The first-order valence-electron chi connectivity index (χ1n) is 3.06. The van der Waals surface area contributed by atoms with Crippen LogP contribution in [0.15, 0.2) is 0 Å². The van der Waals surface area contributed by atoms with E-state index in [0.717, 1.165) is 14.2 Å². The molecule has 13 heteroatoms. The van der Waals surface area contributed by atoms with Crippen LogP contribution in [-0.2, 0) is 31.4 Å². The number of phosphoric ester groups is 1. The zero-order chi connectivity index (χ0) is 12.3. The first kappa shape index (κ1) is 15.4. The summed E-state index contributed by atoms with van der Waals surface area (Å²) < 4.78 is 47.5. The van der Waals surface area contributed by atoms with Crippen LogP contribution in [0, 0.1) is 0 Å². The summed E-state index contributed by atoms with van der Waals surface area (Å²) in [6.45, 7) is 0. The van der Waals surface area contributed by atoms with Crippen LogP contribution in [0.25, 0.3) is 0 Å². The van der Waals surface area contributed by atoms with Gasteiger partial charge in [-0.3, -0.25) is 9.05 Å². The monoisotopic (exact) mass is 286 g/mol. The lowest BCUT2D eigenvalue weighted by molar-refractivity contribution is 0.175. The van der Waals surface area contributed by atoms with E-state index in [-0.39, 0.29) is 0 Å². The standard InChI is InChI=1S/C2H9O10P3/c1-9-15(8,10-2)12-14(6,7)11-13(3,4)5/h1-2H3,(H,6,7)(H2,3,4,5). The van der Waals surface area contributed by atoms with Gasteiger partial charge in [-0.15, -0.1) is 0 Å². The summed E-state index contributed by atoms with van der Waals surface area (Å²) in [6, 6.07) is 0. The predicted octanol–water partition coefficient (Wildman–Crippen LogP) is 0.614. The van der Waals surface area contributed by atoms with Crippen molar-refractivity contribution < 1.29 is 46.0 Å². The fourth-order valence-corrected chi connectivity index (χ4v) is 3.57. The SMILES string of the molecule is COP(=O)(OC)OP(=O)(O)OP(=O)(O)O. The van der Waals surface area contributed by atoms with Gasteiger partial charge in [-0.25, -0.2) is 13.7 Å². The van der Waals surface area contributed by atoms with Crippen molar-refractivity contribution in [3.05, 3.63) is 0 Å². The molecule has 0 amide bonds. The van der Waals surface area contributed by atoms with Crippen LogP contribution in [0.5, 0.6) is 0 Å². The van der Waals surface area contributed by atoms with Crippen LogP contribution < -0.4 is 0 Å². The van der Waals surface area contributed by atoms with E-state index in [1.54, 1.807) is 0 Å². The van der Waals surface area contributed by atoms with Crippen LogP contribution in [0.3, 0.4) is 0 Å². The highest BCUT2D eigenvalue weighted by atomic mass is 31.3. The molecule has 0 saturated carbocycles. The third kappa shape index (κ3) is 6.55. The molecule has 3 N–H and O–H groups in total. The van der Waals surface area contributed by atoms with Gasteiger partial charge < -0.3 is 14.7 Å². The first-order chi connectivity index (χ1) is 6.54. The van der Waals surface area contributed by atoms with Crippen molar-refractivity contribution in [3.63, 3.8) is 0 Å². The zero-order valence-electron chi connectivity index (χ0n) is 7.54. The summed E-state index contributed by atoms with van der Waals surface area (Å²) in [5, 5.41) is 0. The molecule has 0 aliphatic heterocycles. The fourth-order valence-electron chi connectivity index (χ4n) is 0.417. The van der Waals surface area contributed by atoms with Gasteiger partial charge in [0.25, 0.3) is 0 Å². The molecule has 0 rings (SSSR count). The van der Waals surface area contributed by atoms with Crippen LogP contribution in [0.2, 0.25) is 0 Å². The minimum Gasteiger partial charge on any atom is -0.302 e. The number of hydrogen-bond donors (Lipinski definition) is 3. The number of rotatable bonds is 6. The molecular weight excluding hydrogens is 277 g/mol. The summed E-state index contributed by atoms with van der Waals surface area (Å²) in [5.41, 5.74) is 0. The van der Waals surface area contributed by atoms with Crippen molar-refractivity contribution >= 4 is 23.5 Å². The van der Waals surface area contributed by atoms with Gasteiger partial charge in [0.2, 0.25) is 0 Å². The summed E-state index contributed by atoms with van der Waals surface area (Å²) in [6.07, 6.45) is 0. The Morgan fingerprint density at radius 1 is 0.867 bits per heavy atom. The second-order valence-electron chi connectivity index (χ2n) is 1.93. The average molecular weight is 286 g/mol. The van der Waals surface area contributed by atoms with Gasteiger partial charge in [-0.2, -0.15) is 8.62 Å². The third-order valence-corrected chi connectivity index (χ3v) is 5.06. The smallest absolute Gasteiger partial charge is 0.302 e. The van der Waals surface area contributed by atoms with Crippen molar-refractivity contribution in [2.45, 2.75) is 0 Å². The minimum atomic E-state index is -5.26. The molecule has 0 saturated heterocycles. The van der Waals surface area contributed by atoms with E-state index in [9.17, 15) is 13.7 Å². The lowest BCUT2D eigenvalue weighted by Crippen LogP contribution is -1.96. The molecule has 10 nitrogen and oxygen atoms in total. The highest BCUT2D eigenvalue weighted by Crippen LogP contribution is 2.67. The van der Waals surface area contributed by atoms with Gasteiger partial charge in [0.1, 0.15) is 0 Å². The molecular formula is C2H9O10P3. The Hall–Kier alpha value is 0.410. The Bertz CT molecular complexity index is 333. The summed E-state index contributed by atoms with van der Waals surface area (Å²) in [5.74, 6) is 0. The third-order valence-electron chi connectivity index (χ3n) is 0.860. The largest absolute Gasteiger partial charge is 0.490 e. The topological polar surface area (TPSA) is 149 Å². The molecule has 0 aliphatic rings. The molecule has 0 aromatic carbocycles. The molecule has 0 radical (unpaired) electrons. The molecule has 1 unspecified atom stereocenters. The van der Waals surface area contributed by atoms with E-state index >= 15 is 0 Å². The Morgan fingerprint density at radius 3 is 1.53 bits per heavy atom. The quantitative estimate of drug-likeness (QED) is 0.592. The molecule has 1 atom stereocenters. The Morgan fingerprint density at radius 2 is 1.27 bits per heavy atom. The van der Waals surface area contributed by atoms with Crippen molar-refractivity contribution in [3.8, 4) is 0 Å². The Labute approximate surface area is 84.6 Å². The van der Waals surface area contributed by atoms with E-state index in [4.69, 9.17) is 14.7 Å². The van der Waals surface area contributed by atoms with Crippen LogP contribution in [0.1, 0.15) is 0 Å². The van der Waals surface area contributed by atoms with E-state index in [1.807, 2.05) is 0 Å². The maximum Gasteiger partial charge on any atom is 0.490 e. The second kappa shape index (κ2) is 5.16. The zero-order valence-corrected chi connectivity index (χ0v) is 10.2. The molecule has 15 heavy (non-hydrogen) atoms. The van der Waals surface area contributed by atoms with E-state index in [2.05, 4.69) is 17.7 Å². The maximum absolute atomic E-state index is 11.1. The summed E-state index contributed by atoms with van der Waals surface area (Å²) >= 11 is 0. The highest BCUT2D eigenvalue weighted by Gasteiger charge is 2.41. The number of hydrogen-bond acceptors (Lipinski definition) is 7. The van der Waals surface area contributed by atoms with E-state index < -0.39 is 23.5 Å². The van der Waals surface area contributed by atoms with Crippen LogP contribution >= 0.6 is 23.5 Å². The number of phosphoric acid groups is 3. The van der Waals surface area contributed by atoms with E-state index in [1.165, 1.54) is 0 Å². The van der Waals surface area contributed by atoms with Crippen LogP contribution in [0.4, 0.5) is 0 Å². The molecule has 0 fully saturated rings. The molecule has 0 aliphatic carbocycles. The lowest BCUT2D eigenvalue weighted by atomic mass is 11.8. The first-order valence-corrected chi connectivity index (χ1v) is 7.55. The predicted molar refractivity (Wildman–Crippen MR) is 45.7 cm³/mol. The Balaban J connectivity index is 4.72. The normalized spacial score (nSPS) is 17.4. The van der Waals surface area contributed by atoms with Gasteiger partial charge in [0, 0.05) is 14.2 Å². The fraction of sp³-hybridized carbons (Fsp3) is 1.00. The average Bonchev–Trinajstić information content (AvgIpc) is 1.98. The molecule has 0 aromatic rings. The highest BCUT2D eigenvalue weighted by molar-refractivity contribution is 7.66. The maximum atomic E-state index is 11.1.